The highest BCUT2D eigenvalue weighted by Gasteiger charge is 2.37. The summed E-state index contributed by atoms with van der Waals surface area (Å²) in [5, 5.41) is 4.81. The smallest absolute Gasteiger partial charge is 0.256 e. The lowest BCUT2D eigenvalue weighted by Gasteiger charge is -2.25. The van der Waals surface area contributed by atoms with E-state index < -0.39 is 0 Å². The third kappa shape index (κ3) is 1.73. The summed E-state index contributed by atoms with van der Waals surface area (Å²) in [6.07, 6.45) is 2.79. The summed E-state index contributed by atoms with van der Waals surface area (Å²) in [6.45, 7) is 3.37. The van der Waals surface area contributed by atoms with E-state index in [9.17, 15) is 9.59 Å². The number of rotatable bonds is 1. The number of amides is 2. The number of hydrogen-bond acceptors (Lipinski definition) is 3. The second-order valence-corrected chi connectivity index (χ2v) is 6.00. The first-order valence-corrected chi connectivity index (χ1v) is 7.22. The number of carbonyl (C=O) groups excluding carboxylic acids is 2. The molecule has 1 aromatic rings. The van der Waals surface area contributed by atoms with Crippen LogP contribution in [0.1, 0.15) is 40.1 Å². The van der Waals surface area contributed by atoms with Crippen LogP contribution in [0.4, 0.5) is 0 Å². The van der Waals surface area contributed by atoms with Gasteiger partial charge in [0, 0.05) is 23.3 Å². The minimum atomic E-state index is -0.281. The number of carbonyl (C=O) groups is 2. The minimum Gasteiger partial charge on any atom is -0.354 e. The number of nitrogens with one attached hydrogen (secondary N) is 1. The van der Waals surface area contributed by atoms with Gasteiger partial charge in [0.1, 0.15) is 6.04 Å². The van der Waals surface area contributed by atoms with Gasteiger partial charge in [-0.1, -0.05) is 0 Å². The third-order valence-electron chi connectivity index (χ3n) is 3.81. The van der Waals surface area contributed by atoms with Crippen LogP contribution in [-0.4, -0.2) is 29.3 Å². The molecule has 0 aromatic carbocycles. The van der Waals surface area contributed by atoms with Gasteiger partial charge in [-0.25, -0.2) is 0 Å². The molecule has 0 unspecified atom stereocenters. The van der Waals surface area contributed by atoms with Crippen LogP contribution >= 0.6 is 11.3 Å². The predicted octanol–water partition coefficient (Wildman–Crippen LogP) is 1.68. The van der Waals surface area contributed by atoms with Crippen molar-refractivity contribution in [2.45, 2.75) is 38.8 Å². The van der Waals surface area contributed by atoms with Crippen LogP contribution in [0.5, 0.6) is 0 Å². The van der Waals surface area contributed by atoms with Crippen molar-refractivity contribution >= 4 is 23.2 Å². The Kier molecular flexibility index (Phi) is 2.86. The predicted molar refractivity (Wildman–Crippen MR) is 69.6 cm³/mol. The number of aryl methyl sites for hydroxylation is 1. The molecule has 3 heterocycles. The Balaban J connectivity index is 1.86. The molecule has 0 spiro atoms. The second kappa shape index (κ2) is 4.39. The van der Waals surface area contributed by atoms with Crippen LogP contribution in [0.15, 0.2) is 5.38 Å². The highest BCUT2D eigenvalue weighted by molar-refractivity contribution is 7.10. The maximum atomic E-state index is 12.3. The number of thiophene rings is 1. The monoisotopic (exact) mass is 264 g/mol. The lowest BCUT2D eigenvalue weighted by molar-refractivity contribution is -0.125. The molecule has 18 heavy (non-hydrogen) atoms. The van der Waals surface area contributed by atoms with Crippen molar-refractivity contribution in [2.24, 2.45) is 0 Å². The molecule has 0 saturated carbocycles. The van der Waals surface area contributed by atoms with Crippen LogP contribution in [-0.2, 0) is 11.3 Å². The van der Waals surface area contributed by atoms with Gasteiger partial charge in [-0.15, -0.1) is 11.3 Å². The molecule has 1 N–H and O–H groups in total. The molecule has 1 fully saturated rings. The van der Waals surface area contributed by atoms with Crippen molar-refractivity contribution in [3.05, 3.63) is 21.4 Å². The SMILES string of the molecule is Cc1scc2c1CN([C@H]1CCCCNC1=O)C2=O. The number of fused-ring (bicyclic) bond motifs is 1. The zero-order chi connectivity index (χ0) is 12.7. The summed E-state index contributed by atoms with van der Waals surface area (Å²) >= 11 is 1.62. The van der Waals surface area contributed by atoms with Gasteiger partial charge >= 0.3 is 0 Å². The Labute approximate surface area is 110 Å². The van der Waals surface area contributed by atoms with E-state index in [1.807, 2.05) is 12.3 Å². The summed E-state index contributed by atoms with van der Waals surface area (Å²) in [4.78, 5) is 27.3. The maximum Gasteiger partial charge on any atom is 0.256 e. The third-order valence-corrected chi connectivity index (χ3v) is 4.76. The van der Waals surface area contributed by atoms with E-state index in [0.29, 0.717) is 6.54 Å². The van der Waals surface area contributed by atoms with Crippen LogP contribution in [0.3, 0.4) is 0 Å². The van der Waals surface area contributed by atoms with Gasteiger partial charge in [-0.2, -0.15) is 0 Å². The Hall–Kier alpha value is -1.36. The van der Waals surface area contributed by atoms with Crippen LogP contribution in [0, 0.1) is 6.92 Å². The summed E-state index contributed by atoms with van der Waals surface area (Å²) in [7, 11) is 0. The average molecular weight is 264 g/mol. The molecular weight excluding hydrogens is 248 g/mol. The van der Waals surface area contributed by atoms with Gasteiger partial charge < -0.3 is 10.2 Å². The maximum absolute atomic E-state index is 12.3. The molecule has 5 heteroatoms. The molecule has 0 bridgehead atoms. The zero-order valence-electron chi connectivity index (χ0n) is 10.4. The molecule has 1 saturated heterocycles. The lowest BCUT2D eigenvalue weighted by Crippen LogP contribution is -2.45. The lowest BCUT2D eigenvalue weighted by atomic mass is 10.1. The van der Waals surface area contributed by atoms with Crippen molar-refractivity contribution in [3.8, 4) is 0 Å². The molecule has 2 aliphatic rings. The highest BCUT2D eigenvalue weighted by Crippen LogP contribution is 2.32. The van der Waals surface area contributed by atoms with Gasteiger partial charge in [0.05, 0.1) is 5.56 Å². The fourth-order valence-corrected chi connectivity index (χ4v) is 3.58. The van der Waals surface area contributed by atoms with Gasteiger partial charge in [-0.05, 0) is 31.7 Å². The van der Waals surface area contributed by atoms with Crippen LogP contribution in [0.25, 0.3) is 0 Å². The van der Waals surface area contributed by atoms with Crippen molar-refractivity contribution in [1.82, 2.24) is 10.2 Å². The van der Waals surface area contributed by atoms with E-state index in [2.05, 4.69) is 5.32 Å². The zero-order valence-corrected chi connectivity index (χ0v) is 11.2. The van der Waals surface area contributed by atoms with Crippen molar-refractivity contribution in [1.29, 1.82) is 0 Å². The Morgan fingerprint density at radius 3 is 3.00 bits per heavy atom. The topological polar surface area (TPSA) is 49.4 Å². The molecule has 2 amide bonds. The summed E-state index contributed by atoms with van der Waals surface area (Å²) < 4.78 is 0. The van der Waals surface area contributed by atoms with E-state index in [4.69, 9.17) is 0 Å². The van der Waals surface area contributed by atoms with Gasteiger partial charge in [0.25, 0.3) is 5.91 Å². The number of nitrogens with zero attached hydrogens (tertiary/aromatic N) is 1. The molecule has 96 valence electrons. The normalized spacial score (nSPS) is 23.8. The Morgan fingerprint density at radius 1 is 1.39 bits per heavy atom. The van der Waals surface area contributed by atoms with E-state index in [0.717, 1.165) is 36.9 Å². The van der Waals surface area contributed by atoms with Crippen LogP contribution in [0.2, 0.25) is 0 Å². The molecule has 4 nitrogen and oxygen atoms in total. The summed E-state index contributed by atoms with van der Waals surface area (Å²) in [5.41, 5.74) is 1.91. The van der Waals surface area contributed by atoms with E-state index in [1.165, 1.54) is 4.88 Å². The first-order valence-electron chi connectivity index (χ1n) is 6.34. The fraction of sp³-hybridized carbons (Fsp3) is 0.538. The Morgan fingerprint density at radius 2 is 2.22 bits per heavy atom. The Bertz CT molecular complexity index is 509. The quantitative estimate of drug-likeness (QED) is 0.839. The minimum absolute atomic E-state index is 0.00679. The molecule has 0 radical (unpaired) electrons. The summed E-state index contributed by atoms with van der Waals surface area (Å²) in [6, 6.07) is -0.281. The molecule has 3 rings (SSSR count). The van der Waals surface area contributed by atoms with Gasteiger partial charge in [-0.3, -0.25) is 9.59 Å². The van der Waals surface area contributed by atoms with Gasteiger partial charge in [0.2, 0.25) is 5.91 Å². The van der Waals surface area contributed by atoms with Crippen LogP contribution < -0.4 is 5.32 Å². The van der Waals surface area contributed by atoms with Crippen molar-refractivity contribution in [2.75, 3.05) is 6.54 Å². The average Bonchev–Trinajstić information content (AvgIpc) is 2.78. The largest absolute Gasteiger partial charge is 0.354 e. The number of hydrogen-bond donors (Lipinski definition) is 1. The first-order chi connectivity index (χ1) is 8.68. The highest BCUT2D eigenvalue weighted by atomic mass is 32.1. The molecule has 1 aromatic heterocycles. The van der Waals surface area contributed by atoms with E-state index >= 15 is 0 Å². The molecule has 2 aliphatic heterocycles. The molecule has 1 atom stereocenters. The van der Waals surface area contributed by atoms with E-state index in [1.54, 1.807) is 16.2 Å². The second-order valence-electron chi connectivity index (χ2n) is 4.92. The van der Waals surface area contributed by atoms with Crippen molar-refractivity contribution < 1.29 is 9.59 Å². The first kappa shape index (κ1) is 11.7. The standard InChI is InChI=1S/C13H16N2O2S/c1-8-9-6-15(13(17)10(9)7-18-8)11-4-2-3-5-14-12(11)16/h7,11H,2-6H2,1H3,(H,14,16)/t11-/m0/s1. The molecular formula is C13H16N2O2S. The fourth-order valence-electron chi connectivity index (χ4n) is 2.72. The van der Waals surface area contributed by atoms with Crippen molar-refractivity contribution in [3.63, 3.8) is 0 Å². The summed E-state index contributed by atoms with van der Waals surface area (Å²) in [5.74, 6) is 0.0312. The van der Waals surface area contributed by atoms with Gasteiger partial charge in [0.15, 0.2) is 0 Å². The van der Waals surface area contributed by atoms with E-state index in [-0.39, 0.29) is 17.9 Å². The molecule has 0 aliphatic carbocycles.